The van der Waals surface area contributed by atoms with Gasteiger partial charge < -0.3 is 9.47 Å². The number of pyridine rings is 1. The first-order valence-corrected chi connectivity index (χ1v) is 9.27. The van der Waals surface area contributed by atoms with Crippen molar-refractivity contribution in [1.29, 1.82) is 0 Å². The van der Waals surface area contributed by atoms with E-state index in [1.165, 1.54) is 0 Å². The van der Waals surface area contributed by atoms with Crippen molar-refractivity contribution in [3.8, 4) is 5.75 Å². The summed E-state index contributed by atoms with van der Waals surface area (Å²) in [7, 11) is -3.10. The van der Waals surface area contributed by atoms with Gasteiger partial charge in [0.25, 0.3) is 0 Å². The molecule has 0 radical (unpaired) electrons. The van der Waals surface area contributed by atoms with Crippen LogP contribution in [-0.4, -0.2) is 54.4 Å². The molecule has 3 heterocycles. The van der Waals surface area contributed by atoms with Crippen LogP contribution in [-0.2, 0) is 14.8 Å². The quantitative estimate of drug-likeness (QED) is 0.832. The Labute approximate surface area is 130 Å². The fourth-order valence-electron chi connectivity index (χ4n) is 3.37. The Morgan fingerprint density at radius 2 is 2.27 bits per heavy atom. The summed E-state index contributed by atoms with van der Waals surface area (Å²) in [5.41, 5.74) is -0.366. The number of aromatic nitrogens is 1. The number of hydrogen-bond acceptors (Lipinski definition) is 5. The van der Waals surface area contributed by atoms with Crippen LogP contribution in [0.4, 0.5) is 0 Å². The normalized spacial score (nSPS) is 32.6. The maximum Gasteiger partial charge on any atom is 0.217 e. The van der Waals surface area contributed by atoms with Gasteiger partial charge in [0.1, 0.15) is 11.9 Å². The maximum absolute atomic E-state index is 12.3. The van der Waals surface area contributed by atoms with Crippen LogP contribution in [0.2, 0.25) is 0 Å². The number of sulfonamides is 1. The molecule has 22 heavy (non-hydrogen) atoms. The van der Waals surface area contributed by atoms with Gasteiger partial charge in [-0.05, 0) is 31.4 Å². The van der Waals surface area contributed by atoms with Crippen molar-refractivity contribution in [1.82, 2.24) is 9.29 Å². The average Bonchev–Trinajstić information content (AvgIpc) is 3.20. The zero-order chi connectivity index (χ0) is 15.2. The molecular formula is C15H20N2O4S. The zero-order valence-corrected chi connectivity index (χ0v) is 13.2. The molecule has 120 valence electrons. The van der Waals surface area contributed by atoms with E-state index in [1.807, 2.05) is 12.1 Å². The van der Waals surface area contributed by atoms with Gasteiger partial charge in [-0.2, -0.15) is 4.31 Å². The number of nitrogens with zero attached hydrogens (tertiary/aromatic N) is 2. The Hall–Kier alpha value is -1.18. The monoisotopic (exact) mass is 324 g/mol. The highest BCUT2D eigenvalue weighted by molar-refractivity contribution is 7.90. The Morgan fingerprint density at radius 3 is 3.00 bits per heavy atom. The summed E-state index contributed by atoms with van der Waals surface area (Å²) < 4.78 is 38.1. The minimum atomic E-state index is -3.10. The van der Waals surface area contributed by atoms with E-state index >= 15 is 0 Å². The molecule has 2 saturated heterocycles. The Bertz CT molecular complexity index is 647. The Kier molecular flexibility index (Phi) is 3.39. The van der Waals surface area contributed by atoms with Crippen LogP contribution in [0, 0.1) is 0 Å². The molecule has 1 aliphatic carbocycles. The molecule has 4 rings (SSSR count). The lowest BCUT2D eigenvalue weighted by Crippen LogP contribution is -2.37. The summed E-state index contributed by atoms with van der Waals surface area (Å²) in [5.74, 6) is 0.730. The van der Waals surface area contributed by atoms with Crippen LogP contribution in [0.3, 0.4) is 0 Å². The zero-order valence-electron chi connectivity index (χ0n) is 12.3. The molecule has 3 fully saturated rings. The van der Waals surface area contributed by atoms with E-state index in [0.717, 1.165) is 31.4 Å². The smallest absolute Gasteiger partial charge is 0.217 e. The first-order chi connectivity index (χ1) is 10.6. The SMILES string of the molecule is O=S(=O)(C1CC1)N1CC[C@@]2(C[C@H](Oc3cccnc3)CO2)C1. The van der Waals surface area contributed by atoms with Crippen molar-refractivity contribution in [2.45, 2.75) is 42.6 Å². The number of ether oxygens (including phenoxy) is 2. The minimum Gasteiger partial charge on any atom is -0.486 e. The minimum absolute atomic E-state index is 0.0345. The van der Waals surface area contributed by atoms with E-state index in [1.54, 1.807) is 16.7 Å². The summed E-state index contributed by atoms with van der Waals surface area (Å²) in [5, 5.41) is -0.147. The van der Waals surface area contributed by atoms with Crippen LogP contribution in [0.5, 0.6) is 5.75 Å². The molecule has 1 aromatic heterocycles. The molecular weight excluding hydrogens is 304 g/mol. The summed E-state index contributed by atoms with van der Waals surface area (Å²) >= 11 is 0. The van der Waals surface area contributed by atoms with E-state index < -0.39 is 10.0 Å². The van der Waals surface area contributed by atoms with Gasteiger partial charge in [0.15, 0.2) is 0 Å². The van der Waals surface area contributed by atoms with E-state index in [-0.39, 0.29) is 17.0 Å². The van der Waals surface area contributed by atoms with Gasteiger partial charge in [0, 0.05) is 25.7 Å². The summed E-state index contributed by atoms with van der Waals surface area (Å²) in [6.45, 7) is 1.55. The molecule has 0 amide bonds. The van der Waals surface area contributed by atoms with E-state index in [2.05, 4.69) is 4.98 Å². The standard InChI is InChI=1S/C15H20N2O4S/c18-22(19,14-3-4-14)17-7-5-15(11-17)8-13(10-20-15)21-12-2-1-6-16-9-12/h1-2,6,9,13-14H,3-5,7-8,10-11H2/t13-,15+/m0/s1. The average molecular weight is 324 g/mol. The van der Waals surface area contributed by atoms with Crippen molar-refractivity contribution >= 4 is 10.0 Å². The second kappa shape index (κ2) is 5.18. The summed E-state index contributed by atoms with van der Waals surface area (Å²) in [4.78, 5) is 4.03. The molecule has 2 atom stereocenters. The lowest BCUT2D eigenvalue weighted by molar-refractivity contribution is 0.0143. The molecule has 6 nitrogen and oxygen atoms in total. The molecule has 3 aliphatic rings. The highest BCUT2D eigenvalue weighted by Gasteiger charge is 2.51. The van der Waals surface area contributed by atoms with E-state index in [4.69, 9.17) is 9.47 Å². The maximum atomic E-state index is 12.3. The molecule has 7 heteroatoms. The van der Waals surface area contributed by atoms with Crippen molar-refractivity contribution < 1.29 is 17.9 Å². The fraction of sp³-hybridized carbons (Fsp3) is 0.667. The second-order valence-electron chi connectivity index (χ2n) is 6.45. The van der Waals surface area contributed by atoms with Crippen molar-refractivity contribution in [3.63, 3.8) is 0 Å². The third-order valence-electron chi connectivity index (χ3n) is 4.70. The van der Waals surface area contributed by atoms with Crippen molar-refractivity contribution in [3.05, 3.63) is 24.5 Å². The van der Waals surface area contributed by atoms with Crippen LogP contribution < -0.4 is 4.74 Å². The summed E-state index contributed by atoms with van der Waals surface area (Å²) in [6.07, 6.45) is 6.46. The third-order valence-corrected chi connectivity index (χ3v) is 7.04. The second-order valence-corrected chi connectivity index (χ2v) is 8.67. The summed E-state index contributed by atoms with van der Waals surface area (Å²) in [6, 6.07) is 3.71. The molecule has 2 aliphatic heterocycles. The van der Waals surface area contributed by atoms with Gasteiger partial charge in [-0.25, -0.2) is 8.42 Å². The topological polar surface area (TPSA) is 68.7 Å². The Balaban J connectivity index is 1.40. The largest absolute Gasteiger partial charge is 0.486 e. The third kappa shape index (κ3) is 2.61. The lowest BCUT2D eigenvalue weighted by Gasteiger charge is -2.23. The van der Waals surface area contributed by atoms with Gasteiger partial charge in [-0.15, -0.1) is 0 Å². The van der Waals surface area contributed by atoms with E-state index in [0.29, 0.717) is 19.7 Å². The van der Waals surface area contributed by atoms with Crippen molar-refractivity contribution in [2.75, 3.05) is 19.7 Å². The predicted octanol–water partition coefficient (Wildman–Crippen LogP) is 1.19. The molecule has 0 N–H and O–H groups in total. The first-order valence-electron chi connectivity index (χ1n) is 7.77. The van der Waals surface area contributed by atoms with Crippen LogP contribution in [0.15, 0.2) is 24.5 Å². The predicted molar refractivity (Wildman–Crippen MR) is 80.1 cm³/mol. The van der Waals surface area contributed by atoms with E-state index in [9.17, 15) is 8.42 Å². The highest BCUT2D eigenvalue weighted by atomic mass is 32.2. The van der Waals surface area contributed by atoms with Gasteiger partial charge in [0.2, 0.25) is 10.0 Å². The highest BCUT2D eigenvalue weighted by Crippen LogP contribution is 2.40. The first kappa shape index (κ1) is 14.4. The lowest BCUT2D eigenvalue weighted by atomic mass is 9.98. The molecule has 0 unspecified atom stereocenters. The van der Waals surface area contributed by atoms with Gasteiger partial charge in [0.05, 0.1) is 23.7 Å². The number of rotatable bonds is 4. The van der Waals surface area contributed by atoms with Gasteiger partial charge >= 0.3 is 0 Å². The van der Waals surface area contributed by atoms with Gasteiger partial charge in [-0.3, -0.25) is 4.98 Å². The van der Waals surface area contributed by atoms with Crippen molar-refractivity contribution in [2.24, 2.45) is 0 Å². The number of hydrogen-bond donors (Lipinski definition) is 0. The Morgan fingerprint density at radius 1 is 1.41 bits per heavy atom. The molecule has 1 spiro atoms. The van der Waals surface area contributed by atoms with Crippen LogP contribution in [0.25, 0.3) is 0 Å². The molecule has 1 saturated carbocycles. The van der Waals surface area contributed by atoms with Crippen LogP contribution in [0.1, 0.15) is 25.7 Å². The molecule has 0 bridgehead atoms. The molecule has 0 aromatic carbocycles. The van der Waals surface area contributed by atoms with Crippen LogP contribution >= 0.6 is 0 Å². The van der Waals surface area contributed by atoms with Gasteiger partial charge in [-0.1, -0.05) is 0 Å². The fourth-order valence-corrected chi connectivity index (χ4v) is 5.29. The molecule has 1 aromatic rings.